The molecule has 0 saturated carbocycles. The second-order valence-corrected chi connectivity index (χ2v) is 4.68. The van der Waals surface area contributed by atoms with Crippen molar-refractivity contribution < 1.29 is 13.9 Å². The highest BCUT2D eigenvalue weighted by Crippen LogP contribution is 2.21. The minimum atomic E-state index is -0.452. The summed E-state index contributed by atoms with van der Waals surface area (Å²) in [5, 5.41) is 8.09. The zero-order valence-electron chi connectivity index (χ0n) is 11.5. The van der Waals surface area contributed by atoms with E-state index in [0.29, 0.717) is 22.6 Å². The number of fused-ring (bicyclic) bond motifs is 1. The first kappa shape index (κ1) is 13.2. The summed E-state index contributed by atoms with van der Waals surface area (Å²) in [4.78, 5) is 11.6. The lowest BCUT2D eigenvalue weighted by molar-refractivity contribution is 0.0600. The maximum atomic E-state index is 13.6. The van der Waals surface area contributed by atoms with Crippen molar-refractivity contribution in [3.63, 3.8) is 0 Å². The number of nitrogens with zero attached hydrogens (tertiary/aromatic N) is 3. The van der Waals surface area contributed by atoms with Gasteiger partial charge in [0.1, 0.15) is 5.82 Å². The lowest BCUT2D eigenvalue weighted by Gasteiger charge is -2.04. The molecule has 21 heavy (non-hydrogen) atoms. The van der Waals surface area contributed by atoms with Crippen LogP contribution in [0.5, 0.6) is 0 Å². The third kappa shape index (κ3) is 2.35. The molecule has 106 valence electrons. The number of carbonyl (C=O) groups excluding carboxylic acids is 1. The maximum Gasteiger partial charge on any atom is 0.339 e. The van der Waals surface area contributed by atoms with Gasteiger partial charge in [0.25, 0.3) is 0 Å². The molecule has 0 fully saturated rings. The molecule has 0 N–H and O–H groups in total. The number of hydrogen-bond acceptors (Lipinski definition) is 4. The average molecular weight is 285 g/mol. The van der Waals surface area contributed by atoms with Gasteiger partial charge < -0.3 is 4.74 Å². The minimum Gasteiger partial charge on any atom is -0.465 e. The smallest absolute Gasteiger partial charge is 0.339 e. The van der Waals surface area contributed by atoms with Crippen LogP contribution >= 0.6 is 0 Å². The van der Waals surface area contributed by atoms with Crippen LogP contribution in [0.15, 0.2) is 36.5 Å². The van der Waals surface area contributed by atoms with E-state index < -0.39 is 5.97 Å². The van der Waals surface area contributed by atoms with Crippen LogP contribution in [0.1, 0.15) is 15.9 Å². The van der Waals surface area contributed by atoms with Crippen LogP contribution < -0.4 is 0 Å². The van der Waals surface area contributed by atoms with Gasteiger partial charge in [0, 0.05) is 11.8 Å². The third-order valence-electron chi connectivity index (χ3n) is 3.12. The van der Waals surface area contributed by atoms with E-state index >= 15 is 0 Å². The topological polar surface area (TPSA) is 56.5 Å². The van der Waals surface area contributed by atoms with Gasteiger partial charge in [-0.3, -0.25) is 4.40 Å². The molecule has 0 aliphatic carbocycles. The fourth-order valence-corrected chi connectivity index (χ4v) is 2.19. The Bertz CT molecular complexity index is 822. The van der Waals surface area contributed by atoms with Crippen molar-refractivity contribution >= 4 is 11.6 Å². The van der Waals surface area contributed by atoms with Crippen molar-refractivity contribution in [1.82, 2.24) is 14.6 Å². The molecule has 2 heterocycles. The normalized spacial score (nSPS) is 10.8. The zero-order chi connectivity index (χ0) is 15.0. The number of pyridine rings is 1. The molecular weight excluding hydrogens is 273 g/mol. The number of methoxy groups -OCH3 is 1. The molecule has 0 unspecified atom stereocenters. The molecule has 1 aromatic carbocycles. The van der Waals surface area contributed by atoms with E-state index in [1.165, 1.54) is 19.2 Å². The third-order valence-corrected chi connectivity index (χ3v) is 3.12. The van der Waals surface area contributed by atoms with Gasteiger partial charge >= 0.3 is 5.97 Å². The Morgan fingerprint density at radius 3 is 2.76 bits per heavy atom. The van der Waals surface area contributed by atoms with Gasteiger partial charge in [0.2, 0.25) is 0 Å². The fourth-order valence-electron chi connectivity index (χ4n) is 2.19. The van der Waals surface area contributed by atoms with Gasteiger partial charge in [0.05, 0.1) is 12.7 Å². The Hall–Kier alpha value is -2.76. The van der Waals surface area contributed by atoms with Crippen LogP contribution in [0.4, 0.5) is 4.39 Å². The molecule has 0 bridgehead atoms. The Morgan fingerprint density at radius 2 is 2.05 bits per heavy atom. The van der Waals surface area contributed by atoms with Crippen LogP contribution in [0.3, 0.4) is 0 Å². The van der Waals surface area contributed by atoms with Gasteiger partial charge in [-0.25, -0.2) is 9.18 Å². The molecule has 0 aliphatic heterocycles. The first-order valence-corrected chi connectivity index (χ1v) is 6.29. The molecule has 2 aromatic heterocycles. The van der Waals surface area contributed by atoms with E-state index in [1.54, 1.807) is 29.7 Å². The molecule has 0 amide bonds. The highest BCUT2D eigenvalue weighted by atomic mass is 19.1. The fraction of sp³-hybridized carbons (Fsp3) is 0.133. The van der Waals surface area contributed by atoms with Gasteiger partial charge in [-0.05, 0) is 42.8 Å². The largest absolute Gasteiger partial charge is 0.465 e. The number of hydrogen-bond donors (Lipinski definition) is 0. The number of benzene rings is 1. The highest BCUT2D eigenvalue weighted by Gasteiger charge is 2.12. The van der Waals surface area contributed by atoms with E-state index in [4.69, 9.17) is 4.74 Å². The van der Waals surface area contributed by atoms with Crippen molar-refractivity contribution in [2.45, 2.75) is 6.92 Å². The Balaban J connectivity index is 2.20. The number of halogens is 1. The maximum absolute atomic E-state index is 13.6. The van der Waals surface area contributed by atoms with Crippen LogP contribution in [-0.4, -0.2) is 27.7 Å². The molecule has 6 heteroatoms. The van der Waals surface area contributed by atoms with Crippen molar-refractivity contribution in [2.24, 2.45) is 0 Å². The summed E-state index contributed by atoms with van der Waals surface area (Å²) in [6.45, 7) is 1.80. The number of ether oxygens (including phenoxy) is 1. The minimum absolute atomic E-state index is 0.342. The lowest BCUT2D eigenvalue weighted by atomic mass is 10.1. The molecule has 0 spiro atoms. The molecular formula is C15H12FN3O2. The first-order valence-electron chi connectivity index (χ1n) is 6.29. The van der Waals surface area contributed by atoms with Crippen LogP contribution in [-0.2, 0) is 4.74 Å². The van der Waals surface area contributed by atoms with E-state index in [0.717, 1.165) is 5.56 Å². The van der Waals surface area contributed by atoms with Gasteiger partial charge in [0.15, 0.2) is 11.5 Å². The lowest BCUT2D eigenvalue weighted by Crippen LogP contribution is -2.03. The van der Waals surface area contributed by atoms with Gasteiger partial charge in [-0.2, -0.15) is 0 Å². The van der Waals surface area contributed by atoms with E-state index in [9.17, 15) is 9.18 Å². The molecule has 0 atom stereocenters. The van der Waals surface area contributed by atoms with Crippen molar-refractivity contribution in [3.8, 4) is 11.4 Å². The second-order valence-electron chi connectivity index (χ2n) is 4.68. The Morgan fingerprint density at radius 1 is 1.24 bits per heavy atom. The summed E-state index contributed by atoms with van der Waals surface area (Å²) in [5.41, 5.74) is 2.33. The summed E-state index contributed by atoms with van der Waals surface area (Å²) in [5.74, 6) is -0.323. The molecule has 3 rings (SSSR count). The SMILES string of the molecule is COC(=O)c1ccc2nnc(-c3cc(C)cc(F)c3)n2c1. The number of aromatic nitrogens is 3. The van der Waals surface area contributed by atoms with E-state index in [2.05, 4.69) is 10.2 Å². The molecule has 0 radical (unpaired) electrons. The number of aryl methyl sites for hydroxylation is 1. The van der Waals surface area contributed by atoms with Crippen LogP contribution in [0.2, 0.25) is 0 Å². The van der Waals surface area contributed by atoms with Crippen LogP contribution in [0.25, 0.3) is 17.0 Å². The van der Waals surface area contributed by atoms with Crippen molar-refractivity contribution in [2.75, 3.05) is 7.11 Å². The van der Waals surface area contributed by atoms with Crippen molar-refractivity contribution in [1.29, 1.82) is 0 Å². The second kappa shape index (κ2) is 4.97. The molecule has 3 aromatic rings. The van der Waals surface area contributed by atoms with E-state index in [-0.39, 0.29) is 5.82 Å². The quantitative estimate of drug-likeness (QED) is 0.679. The zero-order valence-corrected chi connectivity index (χ0v) is 11.5. The Labute approximate surface area is 120 Å². The van der Waals surface area contributed by atoms with E-state index in [1.807, 2.05) is 6.07 Å². The first-order chi connectivity index (χ1) is 10.1. The van der Waals surface area contributed by atoms with Gasteiger partial charge in [-0.15, -0.1) is 10.2 Å². The number of esters is 1. The highest BCUT2D eigenvalue weighted by molar-refractivity contribution is 5.89. The van der Waals surface area contributed by atoms with Crippen molar-refractivity contribution in [3.05, 3.63) is 53.5 Å². The molecule has 5 nitrogen and oxygen atoms in total. The Kier molecular flexibility index (Phi) is 3.13. The number of rotatable bonds is 2. The predicted molar refractivity (Wildman–Crippen MR) is 74.5 cm³/mol. The summed E-state index contributed by atoms with van der Waals surface area (Å²) < 4.78 is 19.9. The predicted octanol–water partition coefficient (Wildman–Crippen LogP) is 2.63. The van der Waals surface area contributed by atoms with Crippen LogP contribution in [0, 0.1) is 12.7 Å². The summed E-state index contributed by atoms with van der Waals surface area (Å²) in [7, 11) is 1.32. The summed E-state index contributed by atoms with van der Waals surface area (Å²) in [6.07, 6.45) is 1.58. The molecule has 0 saturated heterocycles. The van der Waals surface area contributed by atoms with Gasteiger partial charge in [-0.1, -0.05) is 0 Å². The molecule has 0 aliphatic rings. The standard InChI is InChI=1S/C15H12FN3O2/c1-9-5-11(7-12(16)6-9)14-18-17-13-4-3-10(8-19(13)14)15(20)21-2/h3-8H,1-2H3. The summed E-state index contributed by atoms with van der Waals surface area (Å²) in [6, 6.07) is 7.90. The number of carbonyl (C=O) groups is 1. The average Bonchev–Trinajstić information content (AvgIpc) is 2.88. The monoisotopic (exact) mass is 285 g/mol. The summed E-state index contributed by atoms with van der Waals surface area (Å²) >= 11 is 0.